The molecule has 72 heavy (non-hydrogen) atoms. The number of hydrogen-bond donors (Lipinski definition) is 4. The summed E-state index contributed by atoms with van der Waals surface area (Å²) < 4.78 is 43.1. The molecule has 4 atom stereocenters. The van der Waals surface area contributed by atoms with E-state index in [0.29, 0.717) is 79.8 Å². The van der Waals surface area contributed by atoms with Gasteiger partial charge in [0, 0.05) is 68.7 Å². The maximum absolute atomic E-state index is 14.7. The highest BCUT2D eigenvalue weighted by Crippen LogP contribution is 2.50. The number of fused-ring (bicyclic) bond motifs is 3. The Morgan fingerprint density at radius 2 is 1.72 bits per heavy atom. The zero-order valence-electron chi connectivity index (χ0n) is 41.6. The van der Waals surface area contributed by atoms with E-state index in [1.807, 2.05) is 37.4 Å². The topological polar surface area (TPSA) is 196 Å². The van der Waals surface area contributed by atoms with Crippen LogP contribution in [0.3, 0.4) is 0 Å². The third-order valence-corrected chi connectivity index (χ3v) is 18.4. The van der Waals surface area contributed by atoms with Gasteiger partial charge in [0.25, 0.3) is 21.6 Å². The van der Waals surface area contributed by atoms with E-state index in [1.54, 1.807) is 6.07 Å². The highest BCUT2D eigenvalue weighted by atomic mass is 32.2. The molecule has 1 amide bonds. The molecule has 16 nitrogen and oxygen atoms in total. The summed E-state index contributed by atoms with van der Waals surface area (Å²) in [4.78, 5) is 41.4. The molecule has 3 aromatic carbocycles. The van der Waals surface area contributed by atoms with E-state index in [-0.39, 0.29) is 28.6 Å². The summed E-state index contributed by atoms with van der Waals surface area (Å²) in [5, 5.41) is 26.8. The van der Waals surface area contributed by atoms with E-state index >= 15 is 0 Å². The lowest BCUT2D eigenvalue weighted by Gasteiger charge is -2.58. The number of nitro groups is 1. The van der Waals surface area contributed by atoms with Gasteiger partial charge in [-0.25, -0.2) is 13.1 Å². The monoisotopic (exact) mass is 1000 g/mol. The second-order valence-electron chi connectivity index (χ2n) is 22.2. The first kappa shape index (κ1) is 48.5. The van der Waals surface area contributed by atoms with Gasteiger partial charge in [-0.2, -0.15) is 4.98 Å². The van der Waals surface area contributed by atoms with Crippen LogP contribution in [0.15, 0.2) is 83.9 Å². The number of ether oxygens (including phenoxy) is 2. The number of sulfonamides is 1. The van der Waals surface area contributed by atoms with Gasteiger partial charge in [-0.05, 0) is 141 Å². The lowest BCUT2D eigenvalue weighted by molar-refractivity contribution is -0.384. The number of carbonyl (C=O) groups is 1. The van der Waals surface area contributed by atoms with Gasteiger partial charge in [-0.1, -0.05) is 51.0 Å². The van der Waals surface area contributed by atoms with Gasteiger partial charge in [-0.3, -0.25) is 19.8 Å². The van der Waals surface area contributed by atoms with Crippen molar-refractivity contribution >= 4 is 55.4 Å². The molecule has 4 N–H and O–H groups in total. The summed E-state index contributed by atoms with van der Waals surface area (Å²) >= 11 is 0. The van der Waals surface area contributed by atoms with E-state index in [1.165, 1.54) is 48.9 Å². The molecule has 11 rings (SSSR count). The van der Waals surface area contributed by atoms with Crippen LogP contribution >= 0.6 is 0 Å². The molecule has 3 saturated heterocycles. The number of piperidine rings is 1. The summed E-state index contributed by atoms with van der Waals surface area (Å²) in [6.45, 7) is 11.5. The molecule has 0 bridgehead atoms. The Hall–Kier alpha value is -5.75. The van der Waals surface area contributed by atoms with Crippen molar-refractivity contribution in [2.75, 3.05) is 61.1 Å². The number of pyridine rings is 1. The minimum Gasteiger partial charge on any atom is -0.468 e. The number of nitrogens with one attached hydrogen (secondary N) is 3. The smallest absolute Gasteiger partial charge is 0.293 e. The fraction of sp³-hybridized carbons (Fsp3) is 0.527. The molecular weight excluding hydrogens is 933 g/mol. The van der Waals surface area contributed by atoms with Crippen LogP contribution in [-0.2, 0) is 14.8 Å². The Bertz CT molecular complexity index is 2950. The van der Waals surface area contributed by atoms with Crippen molar-refractivity contribution in [1.82, 2.24) is 19.6 Å². The van der Waals surface area contributed by atoms with Gasteiger partial charge in [0.2, 0.25) is 5.88 Å². The van der Waals surface area contributed by atoms with Crippen LogP contribution in [0, 0.1) is 21.4 Å². The molecule has 5 fully saturated rings. The van der Waals surface area contributed by atoms with Crippen molar-refractivity contribution in [3.8, 4) is 5.88 Å². The van der Waals surface area contributed by atoms with Gasteiger partial charge in [0.05, 0.1) is 39.3 Å². The third-order valence-electron chi connectivity index (χ3n) is 17.0. The maximum Gasteiger partial charge on any atom is 0.293 e. The maximum atomic E-state index is 14.7. The average Bonchev–Trinajstić information content (AvgIpc) is 3.83. The van der Waals surface area contributed by atoms with Crippen LogP contribution < -0.4 is 24.6 Å². The number of likely N-dealkylation sites (tertiary alicyclic amines) is 1. The average molecular weight is 1000 g/mol. The first-order valence-electron chi connectivity index (χ1n) is 26.2. The number of benzene rings is 3. The number of rotatable bonds is 12. The number of aromatic nitrogens is 2. The van der Waals surface area contributed by atoms with Gasteiger partial charge in [0.15, 0.2) is 0 Å². The summed E-state index contributed by atoms with van der Waals surface area (Å²) in [5.74, 6) is 0.755. The molecule has 2 saturated carbocycles. The Kier molecular flexibility index (Phi) is 13.0. The quantitative estimate of drug-likeness (QED) is 0.0683. The zero-order valence-corrected chi connectivity index (χ0v) is 42.5. The van der Waals surface area contributed by atoms with Crippen LogP contribution in [0.5, 0.6) is 5.88 Å². The minimum absolute atomic E-state index is 0.123. The third kappa shape index (κ3) is 9.41. The van der Waals surface area contributed by atoms with Crippen molar-refractivity contribution in [2.24, 2.45) is 11.3 Å². The Morgan fingerprint density at radius 3 is 2.50 bits per heavy atom. The van der Waals surface area contributed by atoms with Crippen molar-refractivity contribution in [2.45, 2.75) is 132 Å². The van der Waals surface area contributed by atoms with Crippen LogP contribution in [0.2, 0.25) is 0 Å². The standard InChI is InChI=1S/C55H68N8O8S/c1-35(2)40-8-4-5-9-41(40)42-10-6-7-11-45(42)61-33-55(34-61)22-25-60(26-23-55)38-12-14-43(47(29-38)62-46-19-27-70-32-50(46)71-53-49(62)28-37-18-24-56-51(37)58-53)52(64)59-72(68,69)39-13-15-44(48(30-39)63(66)67)57-31-36-16-20-54(3,65)21-17-36/h4-5,8-9,12-15,18,24,28-30,35-36,42,45-46,50,57,65H,6-7,10-11,16-17,19-23,25-27,31-34H2,1-3H3,(H,56,58)(H,59,64)/t36-,42-,45+,46-,50-,54-/m0/s1. The number of hydrogen-bond acceptors (Lipinski definition) is 13. The molecule has 0 radical (unpaired) electrons. The number of carbonyl (C=O) groups excluding carboxylic acids is 1. The number of aliphatic hydroxyl groups is 1. The fourth-order valence-electron chi connectivity index (χ4n) is 12.9. The molecule has 2 aromatic heterocycles. The molecule has 2 aliphatic carbocycles. The zero-order chi connectivity index (χ0) is 49.9. The number of amides is 1. The molecular formula is C55H68N8O8S. The van der Waals surface area contributed by atoms with Crippen LogP contribution in [0.25, 0.3) is 11.0 Å². The molecule has 6 heterocycles. The van der Waals surface area contributed by atoms with Crippen molar-refractivity contribution < 1.29 is 32.7 Å². The SMILES string of the molecule is CC(C)c1ccccc1[C@@H]1CCCC[C@H]1N1CC2(CCN(c3ccc(C(=O)NS(=O)(=O)c4ccc(NC[C@H]5CC[C@](C)(O)CC5)c([N+](=O)[O-])c4)c(N4c5cc6cc[nH]c6nc5O[C@H]5COCC[C@@H]54)c3)CC2)C1. The Labute approximate surface area is 422 Å². The molecule has 0 unspecified atom stereocenters. The van der Waals surface area contributed by atoms with Crippen molar-refractivity contribution in [3.63, 3.8) is 0 Å². The van der Waals surface area contributed by atoms with Gasteiger partial charge >= 0.3 is 0 Å². The molecule has 4 aliphatic heterocycles. The Morgan fingerprint density at radius 1 is 0.944 bits per heavy atom. The highest BCUT2D eigenvalue weighted by Gasteiger charge is 2.49. The number of aromatic amines is 1. The Balaban J connectivity index is 0.864. The number of H-pyrrole nitrogens is 1. The molecule has 1 spiro atoms. The van der Waals surface area contributed by atoms with Gasteiger partial charge in [0.1, 0.15) is 23.1 Å². The number of nitro benzene ring substituents is 1. The van der Waals surface area contributed by atoms with Crippen molar-refractivity contribution in [3.05, 3.63) is 106 Å². The van der Waals surface area contributed by atoms with Crippen LogP contribution in [0.1, 0.15) is 125 Å². The van der Waals surface area contributed by atoms with Crippen molar-refractivity contribution in [1.29, 1.82) is 0 Å². The van der Waals surface area contributed by atoms with Gasteiger partial charge in [-0.15, -0.1) is 0 Å². The second kappa shape index (κ2) is 19.3. The molecule has 17 heteroatoms. The van der Waals surface area contributed by atoms with E-state index in [9.17, 15) is 28.4 Å². The first-order chi connectivity index (χ1) is 34.6. The summed E-state index contributed by atoms with van der Waals surface area (Å²) in [5.41, 5.74) is 5.19. The predicted molar refractivity (Wildman–Crippen MR) is 278 cm³/mol. The second-order valence-corrected chi connectivity index (χ2v) is 23.9. The lowest BCUT2D eigenvalue weighted by Crippen LogP contribution is -2.64. The fourth-order valence-corrected chi connectivity index (χ4v) is 13.9. The number of nitrogens with zero attached hydrogens (tertiary/aromatic N) is 5. The van der Waals surface area contributed by atoms with E-state index in [0.717, 1.165) is 69.0 Å². The predicted octanol–water partition coefficient (Wildman–Crippen LogP) is 9.38. The normalized spacial score (nSPS) is 26.4. The first-order valence-corrected chi connectivity index (χ1v) is 27.7. The van der Waals surface area contributed by atoms with Gasteiger partial charge < -0.3 is 34.7 Å². The van der Waals surface area contributed by atoms with Crippen LogP contribution in [-0.4, -0.2) is 109 Å². The molecule has 5 aromatic rings. The van der Waals surface area contributed by atoms with Crippen LogP contribution in [0.4, 0.5) is 28.4 Å². The summed E-state index contributed by atoms with van der Waals surface area (Å²) in [6, 6.07) is 22.6. The minimum atomic E-state index is -4.61. The molecule has 6 aliphatic rings. The number of anilines is 4. The summed E-state index contributed by atoms with van der Waals surface area (Å²) in [7, 11) is -4.61. The largest absolute Gasteiger partial charge is 0.468 e. The summed E-state index contributed by atoms with van der Waals surface area (Å²) in [6.07, 6.45) is 11.9. The van der Waals surface area contributed by atoms with E-state index < -0.39 is 43.1 Å². The lowest BCUT2D eigenvalue weighted by atomic mass is 9.68. The van der Waals surface area contributed by atoms with E-state index in [4.69, 9.17) is 14.5 Å². The molecule has 382 valence electrons. The highest BCUT2D eigenvalue weighted by molar-refractivity contribution is 7.90. The van der Waals surface area contributed by atoms with E-state index in [2.05, 4.69) is 67.8 Å².